The summed E-state index contributed by atoms with van der Waals surface area (Å²) in [7, 11) is 0. The predicted molar refractivity (Wildman–Crippen MR) is 85.6 cm³/mol. The van der Waals surface area contributed by atoms with Crippen LogP contribution in [0.25, 0.3) is 0 Å². The molecule has 1 unspecified atom stereocenters. The molecule has 1 aliphatic heterocycles. The lowest BCUT2D eigenvalue weighted by molar-refractivity contribution is -0.149. The van der Waals surface area contributed by atoms with Gasteiger partial charge in [0.25, 0.3) is 0 Å². The van der Waals surface area contributed by atoms with E-state index in [0.717, 1.165) is 13.1 Å². The Morgan fingerprint density at radius 3 is 2.29 bits per heavy atom. The topological polar surface area (TPSA) is 32.5 Å². The van der Waals surface area contributed by atoms with Crippen LogP contribution in [0.5, 0.6) is 0 Å². The molecular weight excluding hydrogens is 435 g/mol. The summed E-state index contributed by atoms with van der Waals surface area (Å²) < 4.78 is 39.2. The van der Waals surface area contributed by atoms with Gasteiger partial charge in [-0.25, -0.2) is 0 Å². The van der Waals surface area contributed by atoms with Crippen molar-refractivity contribution < 1.29 is 13.2 Å². The maximum atomic E-state index is 12.4. The molecular formula is C12H16Br2F3N3S. The molecule has 1 saturated heterocycles. The zero-order valence-corrected chi connectivity index (χ0v) is 15.2. The highest BCUT2D eigenvalue weighted by Crippen LogP contribution is 2.37. The summed E-state index contributed by atoms with van der Waals surface area (Å²) in [6.45, 7) is 1.67. The molecule has 1 fully saturated rings. The van der Waals surface area contributed by atoms with Crippen LogP contribution in [0.3, 0.4) is 0 Å². The molecule has 0 aliphatic carbocycles. The highest BCUT2D eigenvalue weighted by Gasteiger charge is 2.33. The predicted octanol–water partition coefficient (Wildman–Crippen LogP) is 3.45. The molecule has 1 aromatic rings. The van der Waals surface area contributed by atoms with Crippen LogP contribution in [0, 0.1) is 0 Å². The van der Waals surface area contributed by atoms with Gasteiger partial charge in [0.15, 0.2) is 0 Å². The third kappa shape index (κ3) is 4.90. The smallest absolute Gasteiger partial charge is 0.329 e. The van der Waals surface area contributed by atoms with E-state index in [-0.39, 0.29) is 6.04 Å². The minimum atomic E-state index is -4.13. The van der Waals surface area contributed by atoms with Crippen molar-refractivity contribution in [2.24, 2.45) is 5.73 Å². The summed E-state index contributed by atoms with van der Waals surface area (Å²) >= 11 is 8.52. The molecule has 0 aromatic carbocycles. The SMILES string of the molecule is NCC(c1cc(Br)c(Br)s1)N1CCN(CC(F)(F)F)CC1. The van der Waals surface area contributed by atoms with Gasteiger partial charge < -0.3 is 5.73 Å². The first kappa shape index (κ1) is 17.7. The monoisotopic (exact) mass is 449 g/mol. The van der Waals surface area contributed by atoms with E-state index in [1.807, 2.05) is 6.07 Å². The van der Waals surface area contributed by atoms with E-state index in [4.69, 9.17) is 5.73 Å². The molecule has 120 valence electrons. The third-order valence-corrected chi connectivity index (χ3v) is 6.82. The number of nitrogens with zero attached hydrogens (tertiary/aromatic N) is 2. The van der Waals surface area contributed by atoms with E-state index in [9.17, 15) is 13.2 Å². The highest BCUT2D eigenvalue weighted by atomic mass is 79.9. The van der Waals surface area contributed by atoms with Gasteiger partial charge in [-0.2, -0.15) is 13.2 Å². The number of hydrogen-bond donors (Lipinski definition) is 1. The molecule has 3 nitrogen and oxygen atoms in total. The van der Waals surface area contributed by atoms with Gasteiger partial charge in [-0.3, -0.25) is 9.80 Å². The van der Waals surface area contributed by atoms with Crippen LogP contribution in [0.2, 0.25) is 0 Å². The molecule has 9 heteroatoms. The minimum absolute atomic E-state index is 0.0608. The summed E-state index contributed by atoms with van der Waals surface area (Å²) in [6, 6.07) is 2.08. The zero-order valence-electron chi connectivity index (χ0n) is 11.2. The Hall–Kier alpha value is 0.330. The van der Waals surface area contributed by atoms with Crippen molar-refractivity contribution in [2.75, 3.05) is 39.3 Å². The van der Waals surface area contributed by atoms with Crippen LogP contribution in [0.1, 0.15) is 10.9 Å². The van der Waals surface area contributed by atoms with Gasteiger partial charge >= 0.3 is 6.18 Å². The summed E-state index contributed by atoms with van der Waals surface area (Å²) in [5.74, 6) is 0. The van der Waals surface area contributed by atoms with Gasteiger partial charge in [0.05, 0.1) is 16.4 Å². The Morgan fingerprint density at radius 1 is 1.24 bits per heavy atom. The number of thiophene rings is 1. The highest BCUT2D eigenvalue weighted by molar-refractivity contribution is 9.13. The van der Waals surface area contributed by atoms with Gasteiger partial charge in [-0.15, -0.1) is 11.3 Å². The normalized spacial score (nSPS) is 19.9. The van der Waals surface area contributed by atoms with Crippen molar-refractivity contribution in [1.29, 1.82) is 0 Å². The maximum absolute atomic E-state index is 12.4. The van der Waals surface area contributed by atoms with E-state index in [2.05, 4.69) is 36.8 Å². The van der Waals surface area contributed by atoms with Gasteiger partial charge in [0, 0.05) is 42.1 Å². The summed E-state index contributed by atoms with van der Waals surface area (Å²) in [4.78, 5) is 4.74. The Morgan fingerprint density at radius 2 is 1.86 bits per heavy atom. The molecule has 2 rings (SSSR count). The molecule has 0 amide bonds. The fourth-order valence-electron chi connectivity index (χ4n) is 2.46. The van der Waals surface area contributed by atoms with Crippen molar-refractivity contribution in [3.8, 4) is 0 Å². The van der Waals surface area contributed by atoms with Gasteiger partial charge in [-0.05, 0) is 37.9 Å². The lowest BCUT2D eigenvalue weighted by Crippen LogP contribution is -2.51. The second-order valence-corrected chi connectivity index (χ2v) is 8.21. The average Bonchev–Trinajstić information content (AvgIpc) is 2.70. The Kier molecular flexibility index (Phi) is 6.12. The molecule has 2 N–H and O–H groups in total. The van der Waals surface area contributed by atoms with Gasteiger partial charge in [-0.1, -0.05) is 0 Å². The van der Waals surface area contributed by atoms with Crippen molar-refractivity contribution in [3.05, 3.63) is 19.2 Å². The van der Waals surface area contributed by atoms with Crippen molar-refractivity contribution >= 4 is 43.2 Å². The molecule has 0 saturated carbocycles. The van der Waals surface area contributed by atoms with Crippen molar-refractivity contribution in [2.45, 2.75) is 12.2 Å². The number of rotatable bonds is 4. The molecule has 1 atom stereocenters. The summed E-state index contributed by atoms with van der Waals surface area (Å²) in [6.07, 6.45) is -4.13. The third-order valence-electron chi connectivity index (χ3n) is 3.47. The summed E-state index contributed by atoms with van der Waals surface area (Å²) in [5, 5.41) is 0. The van der Waals surface area contributed by atoms with E-state index in [0.29, 0.717) is 32.7 Å². The van der Waals surface area contributed by atoms with Crippen LogP contribution in [0.15, 0.2) is 14.3 Å². The lowest BCUT2D eigenvalue weighted by Gasteiger charge is -2.38. The van der Waals surface area contributed by atoms with E-state index >= 15 is 0 Å². The molecule has 1 aliphatic rings. The Balaban J connectivity index is 1.96. The standard InChI is InChI=1S/C12H16Br2F3N3S/c13-8-5-10(21-11(8)14)9(6-18)20-3-1-19(2-4-20)7-12(15,16)17/h5,9H,1-4,6-7,18H2. The average molecular weight is 451 g/mol. The molecule has 2 heterocycles. The van der Waals surface area contributed by atoms with Crippen molar-refractivity contribution in [1.82, 2.24) is 9.80 Å². The first-order valence-electron chi connectivity index (χ1n) is 6.48. The quantitative estimate of drug-likeness (QED) is 0.762. The zero-order chi connectivity index (χ0) is 15.6. The molecule has 0 spiro atoms. The van der Waals surface area contributed by atoms with Crippen LogP contribution >= 0.6 is 43.2 Å². The number of piperazine rings is 1. The number of nitrogens with two attached hydrogens (primary N) is 1. The van der Waals surface area contributed by atoms with Crippen LogP contribution in [-0.2, 0) is 0 Å². The van der Waals surface area contributed by atoms with Crippen LogP contribution in [0.4, 0.5) is 13.2 Å². The first-order valence-corrected chi connectivity index (χ1v) is 8.88. The molecule has 0 bridgehead atoms. The maximum Gasteiger partial charge on any atom is 0.401 e. The number of halogens is 5. The second kappa shape index (κ2) is 7.27. The van der Waals surface area contributed by atoms with E-state index < -0.39 is 12.7 Å². The van der Waals surface area contributed by atoms with Crippen LogP contribution in [-0.4, -0.2) is 55.2 Å². The fraction of sp³-hybridized carbons (Fsp3) is 0.667. The largest absolute Gasteiger partial charge is 0.401 e. The summed E-state index contributed by atoms with van der Waals surface area (Å²) in [5.41, 5.74) is 5.87. The Bertz CT molecular complexity index is 453. The first-order chi connectivity index (χ1) is 9.80. The van der Waals surface area contributed by atoms with Crippen molar-refractivity contribution in [3.63, 3.8) is 0 Å². The van der Waals surface area contributed by atoms with E-state index in [1.165, 1.54) is 4.90 Å². The van der Waals surface area contributed by atoms with Gasteiger partial charge in [0.2, 0.25) is 0 Å². The second-order valence-electron chi connectivity index (χ2n) is 4.95. The number of alkyl halides is 3. The van der Waals surface area contributed by atoms with Gasteiger partial charge in [0.1, 0.15) is 0 Å². The molecule has 0 radical (unpaired) electrons. The molecule has 21 heavy (non-hydrogen) atoms. The van der Waals surface area contributed by atoms with Crippen LogP contribution < -0.4 is 5.73 Å². The van der Waals surface area contributed by atoms with E-state index in [1.54, 1.807) is 11.3 Å². The fourth-order valence-corrected chi connectivity index (χ4v) is 4.70. The Labute approximate surface area is 142 Å². The minimum Gasteiger partial charge on any atom is -0.329 e. The lowest BCUT2D eigenvalue weighted by atomic mass is 10.1. The molecule has 1 aromatic heterocycles. The number of hydrogen-bond acceptors (Lipinski definition) is 4.